The van der Waals surface area contributed by atoms with Crippen molar-refractivity contribution >= 4 is 31.8 Å². The number of amides is 1. The molecule has 0 spiro atoms. The number of alkyl halides is 1. The van der Waals surface area contributed by atoms with Gasteiger partial charge in [0.05, 0.1) is 36.6 Å². The molecule has 1 aliphatic rings. The van der Waals surface area contributed by atoms with Gasteiger partial charge in [0.2, 0.25) is 5.91 Å². The zero-order valence-corrected chi connectivity index (χ0v) is 23.9. The van der Waals surface area contributed by atoms with Gasteiger partial charge >= 0.3 is 5.97 Å². The molecule has 2 atom stereocenters. The van der Waals surface area contributed by atoms with Crippen LogP contribution < -0.4 is 4.74 Å². The van der Waals surface area contributed by atoms with E-state index in [2.05, 4.69) is 33.9 Å². The van der Waals surface area contributed by atoms with Crippen molar-refractivity contribution in [1.82, 2.24) is 4.90 Å². The Morgan fingerprint density at radius 3 is 2.50 bits per heavy atom. The van der Waals surface area contributed by atoms with Gasteiger partial charge in [-0.05, 0) is 66.4 Å². The Hall–Kier alpha value is -2.35. The molecule has 2 aromatic carbocycles. The van der Waals surface area contributed by atoms with Crippen LogP contribution in [-0.2, 0) is 22.1 Å². The van der Waals surface area contributed by atoms with Crippen molar-refractivity contribution in [3.8, 4) is 5.75 Å². The summed E-state index contributed by atoms with van der Waals surface area (Å²) in [6, 6.07) is 12.3. The van der Waals surface area contributed by atoms with Crippen molar-refractivity contribution in [3.63, 3.8) is 0 Å². The third-order valence-electron chi connectivity index (χ3n) is 7.47. The smallest absolute Gasteiger partial charge is 0.335 e. The number of carbonyl (C=O) groups is 2. The maximum absolute atomic E-state index is 13.8. The molecule has 1 aliphatic heterocycles. The first kappa shape index (κ1) is 28.2. The molecule has 2 aromatic rings. The van der Waals surface area contributed by atoms with E-state index in [0.717, 1.165) is 16.7 Å². The van der Waals surface area contributed by atoms with E-state index >= 15 is 0 Å². The molecular formula is C28H38ClNO5Si. The average molecular weight is 532 g/mol. The van der Waals surface area contributed by atoms with Gasteiger partial charge in [-0.2, -0.15) is 0 Å². The predicted octanol–water partition coefficient (Wildman–Crippen LogP) is 6.08. The van der Waals surface area contributed by atoms with E-state index < -0.39 is 14.3 Å². The fourth-order valence-electron chi connectivity index (χ4n) is 4.47. The van der Waals surface area contributed by atoms with Crippen LogP contribution in [0.5, 0.6) is 5.75 Å². The molecule has 1 amide bonds. The molecule has 3 rings (SSSR count). The van der Waals surface area contributed by atoms with Crippen LogP contribution in [0.15, 0.2) is 42.5 Å². The molecule has 0 saturated carbocycles. The largest absolute Gasteiger partial charge is 0.492 e. The van der Waals surface area contributed by atoms with E-state index in [9.17, 15) is 14.7 Å². The highest BCUT2D eigenvalue weighted by atomic mass is 35.5. The number of hydrogen-bond acceptors (Lipinski definition) is 4. The topological polar surface area (TPSA) is 76.1 Å². The van der Waals surface area contributed by atoms with Crippen LogP contribution in [-0.4, -0.2) is 55.3 Å². The average Bonchev–Trinajstić information content (AvgIpc) is 2.80. The standard InChI is InChI=1S/C28H38ClNO5Si/c1-19-23-11-8-12-24(27(32)33)25(23)17-21(18-35-36(5,6)28(2,3)4)30(19)26(31)16-20-9-7-10-22(15-20)34-14-13-29/h7-12,15,19,21H,13-14,16-18H2,1-6H3,(H,32,33)/t19-,21+/m0/s1. The maximum Gasteiger partial charge on any atom is 0.335 e. The molecule has 0 bridgehead atoms. The lowest BCUT2D eigenvalue weighted by molar-refractivity contribution is -0.137. The van der Waals surface area contributed by atoms with Gasteiger partial charge < -0.3 is 19.2 Å². The summed E-state index contributed by atoms with van der Waals surface area (Å²) in [5, 5.41) is 9.84. The molecule has 0 aromatic heterocycles. The van der Waals surface area contributed by atoms with E-state index in [1.807, 2.05) is 42.2 Å². The number of carbonyl (C=O) groups excluding carboxylic acids is 1. The highest BCUT2D eigenvalue weighted by molar-refractivity contribution is 6.74. The van der Waals surface area contributed by atoms with Gasteiger partial charge in [-0.1, -0.05) is 45.0 Å². The molecule has 36 heavy (non-hydrogen) atoms. The second-order valence-electron chi connectivity index (χ2n) is 10.9. The second-order valence-corrected chi connectivity index (χ2v) is 16.1. The fourth-order valence-corrected chi connectivity index (χ4v) is 5.59. The predicted molar refractivity (Wildman–Crippen MR) is 146 cm³/mol. The molecule has 1 N–H and O–H groups in total. The lowest BCUT2D eigenvalue weighted by atomic mass is 9.85. The molecule has 0 unspecified atom stereocenters. The molecule has 0 fully saturated rings. The van der Waals surface area contributed by atoms with E-state index in [0.29, 0.717) is 36.8 Å². The summed E-state index contributed by atoms with van der Waals surface area (Å²) in [4.78, 5) is 27.6. The summed E-state index contributed by atoms with van der Waals surface area (Å²) in [6.07, 6.45) is 0.661. The molecule has 0 saturated heterocycles. The number of carboxylic acid groups (broad SMARTS) is 1. The number of carboxylic acids is 1. The van der Waals surface area contributed by atoms with Crippen LogP contribution in [0.1, 0.15) is 60.8 Å². The lowest BCUT2D eigenvalue weighted by Gasteiger charge is -2.44. The number of ether oxygens (including phenoxy) is 1. The van der Waals surface area contributed by atoms with Crippen molar-refractivity contribution in [2.75, 3.05) is 19.1 Å². The van der Waals surface area contributed by atoms with Crippen LogP contribution >= 0.6 is 11.6 Å². The number of nitrogens with zero attached hydrogens (tertiary/aromatic N) is 1. The summed E-state index contributed by atoms with van der Waals surface area (Å²) in [5.74, 6) is 0.105. The Morgan fingerprint density at radius 2 is 1.86 bits per heavy atom. The van der Waals surface area contributed by atoms with Crippen LogP contribution in [0.2, 0.25) is 18.1 Å². The minimum Gasteiger partial charge on any atom is -0.492 e. The first-order chi connectivity index (χ1) is 16.9. The molecular weight excluding hydrogens is 494 g/mol. The quantitative estimate of drug-likeness (QED) is 0.313. The first-order valence-electron chi connectivity index (χ1n) is 12.4. The van der Waals surface area contributed by atoms with Crippen LogP contribution in [0.3, 0.4) is 0 Å². The van der Waals surface area contributed by atoms with Crippen molar-refractivity contribution in [3.05, 3.63) is 64.7 Å². The molecule has 1 heterocycles. The van der Waals surface area contributed by atoms with Crippen molar-refractivity contribution in [2.24, 2.45) is 0 Å². The normalized spacial score (nSPS) is 18.0. The highest BCUT2D eigenvalue weighted by Gasteiger charge is 2.41. The van der Waals surface area contributed by atoms with E-state index in [-0.39, 0.29) is 29.4 Å². The Kier molecular flexibility index (Phi) is 8.91. The van der Waals surface area contributed by atoms with Gasteiger partial charge in [-0.25, -0.2) is 4.79 Å². The summed E-state index contributed by atoms with van der Waals surface area (Å²) >= 11 is 5.74. The van der Waals surface area contributed by atoms with Gasteiger partial charge in [0.1, 0.15) is 12.4 Å². The number of benzene rings is 2. The summed E-state index contributed by atoms with van der Waals surface area (Å²) < 4.78 is 12.2. The van der Waals surface area contributed by atoms with Gasteiger partial charge in [0.15, 0.2) is 8.32 Å². The molecule has 0 radical (unpaired) electrons. The Labute approximate surface area is 220 Å². The third-order valence-corrected chi connectivity index (χ3v) is 12.1. The summed E-state index contributed by atoms with van der Waals surface area (Å²) in [6.45, 7) is 13.7. The van der Waals surface area contributed by atoms with Crippen molar-refractivity contribution in [1.29, 1.82) is 0 Å². The minimum absolute atomic E-state index is 0.0211. The van der Waals surface area contributed by atoms with Gasteiger partial charge in [-0.3, -0.25) is 4.79 Å². The Balaban J connectivity index is 1.93. The fraction of sp³-hybridized carbons (Fsp3) is 0.500. The van der Waals surface area contributed by atoms with Gasteiger partial charge in [0, 0.05) is 0 Å². The zero-order valence-electron chi connectivity index (χ0n) is 22.1. The van der Waals surface area contributed by atoms with E-state index in [1.54, 1.807) is 12.1 Å². The third kappa shape index (κ3) is 6.31. The Morgan fingerprint density at radius 1 is 1.17 bits per heavy atom. The SMILES string of the molecule is C[C@H]1c2cccc(C(=O)O)c2C[C@H](CO[Si](C)(C)C(C)(C)C)N1C(=O)Cc1cccc(OCCCl)c1. The minimum atomic E-state index is -2.08. The number of rotatable bonds is 9. The van der Waals surface area contributed by atoms with E-state index in [1.165, 1.54) is 0 Å². The molecule has 8 heteroatoms. The van der Waals surface area contributed by atoms with Crippen LogP contribution in [0, 0.1) is 0 Å². The summed E-state index contributed by atoms with van der Waals surface area (Å²) in [7, 11) is -2.08. The van der Waals surface area contributed by atoms with Gasteiger partial charge in [0.25, 0.3) is 0 Å². The number of aromatic carboxylic acids is 1. The second kappa shape index (κ2) is 11.4. The number of halogens is 1. The highest BCUT2D eigenvalue weighted by Crippen LogP contribution is 2.39. The first-order valence-corrected chi connectivity index (χ1v) is 15.9. The van der Waals surface area contributed by atoms with Crippen molar-refractivity contribution in [2.45, 2.75) is 70.8 Å². The zero-order chi connectivity index (χ0) is 26.7. The van der Waals surface area contributed by atoms with Crippen LogP contribution in [0.25, 0.3) is 0 Å². The monoisotopic (exact) mass is 531 g/mol. The Bertz CT molecular complexity index is 1100. The number of hydrogen-bond donors (Lipinski definition) is 1. The van der Waals surface area contributed by atoms with Gasteiger partial charge in [-0.15, -0.1) is 11.6 Å². The summed E-state index contributed by atoms with van der Waals surface area (Å²) in [5.41, 5.74) is 2.83. The number of fused-ring (bicyclic) bond motifs is 1. The molecule has 6 nitrogen and oxygen atoms in total. The molecule has 0 aliphatic carbocycles. The van der Waals surface area contributed by atoms with Crippen molar-refractivity contribution < 1.29 is 23.9 Å². The van der Waals surface area contributed by atoms with E-state index in [4.69, 9.17) is 20.8 Å². The van der Waals surface area contributed by atoms with Crippen LogP contribution in [0.4, 0.5) is 0 Å². The maximum atomic E-state index is 13.8. The lowest BCUT2D eigenvalue weighted by Crippen LogP contribution is -2.52. The molecule has 196 valence electrons.